The van der Waals surface area contributed by atoms with E-state index in [2.05, 4.69) is 17.6 Å². The quantitative estimate of drug-likeness (QED) is 0.797. The molecule has 0 aromatic carbocycles. The van der Waals surface area contributed by atoms with Gasteiger partial charge in [-0.15, -0.1) is 0 Å². The highest BCUT2D eigenvalue weighted by atomic mass is 16.2. The first-order valence-electron chi connectivity index (χ1n) is 7.16. The van der Waals surface area contributed by atoms with E-state index in [1.807, 2.05) is 0 Å². The van der Waals surface area contributed by atoms with Gasteiger partial charge in [0.25, 0.3) is 0 Å². The van der Waals surface area contributed by atoms with Crippen LogP contribution in [0.1, 0.15) is 58.3 Å². The van der Waals surface area contributed by atoms with Crippen LogP contribution in [0.2, 0.25) is 0 Å². The van der Waals surface area contributed by atoms with Gasteiger partial charge in [0.1, 0.15) is 6.04 Å². The van der Waals surface area contributed by atoms with Gasteiger partial charge in [0.05, 0.1) is 0 Å². The second-order valence-electron chi connectivity index (χ2n) is 6.50. The van der Waals surface area contributed by atoms with E-state index in [1.165, 1.54) is 12.8 Å². The van der Waals surface area contributed by atoms with Crippen molar-refractivity contribution in [3.63, 3.8) is 0 Å². The Hall–Kier alpha value is -1.06. The minimum Gasteiger partial charge on any atom is -0.348 e. The SMILES string of the molecule is CC1(C2(NC(=O)[C@@H]3CCCCC(=O)N3)CC2)CC1. The number of amides is 2. The maximum atomic E-state index is 12.3. The Morgan fingerprint density at radius 3 is 2.61 bits per heavy atom. The maximum absolute atomic E-state index is 12.3. The highest BCUT2D eigenvalue weighted by Crippen LogP contribution is 2.63. The van der Waals surface area contributed by atoms with Gasteiger partial charge in [-0.3, -0.25) is 9.59 Å². The van der Waals surface area contributed by atoms with Crippen molar-refractivity contribution in [2.45, 2.75) is 69.9 Å². The van der Waals surface area contributed by atoms with Crippen molar-refractivity contribution in [2.24, 2.45) is 5.41 Å². The molecular weight excluding hydrogens is 228 g/mol. The summed E-state index contributed by atoms with van der Waals surface area (Å²) in [5.41, 5.74) is 0.387. The molecule has 0 aromatic heterocycles. The zero-order valence-electron chi connectivity index (χ0n) is 11.1. The van der Waals surface area contributed by atoms with Crippen LogP contribution >= 0.6 is 0 Å². The minimum atomic E-state index is -0.306. The van der Waals surface area contributed by atoms with E-state index in [-0.39, 0.29) is 23.4 Å². The van der Waals surface area contributed by atoms with Crippen LogP contribution in [0.4, 0.5) is 0 Å². The molecule has 1 saturated heterocycles. The van der Waals surface area contributed by atoms with E-state index in [4.69, 9.17) is 0 Å². The van der Waals surface area contributed by atoms with Gasteiger partial charge in [-0.05, 0) is 43.9 Å². The number of rotatable bonds is 3. The molecule has 0 aromatic rings. The molecule has 18 heavy (non-hydrogen) atoms. The molecule has 4 nitrogen and oxygen atoms in total. The summed E-state index contributed by atoms with van der Waals surface area (Å²) in [4.78, 5) is 23.8. The van der Waals surface area contributed by atoms with E-state index in [9.17, 15) is 9.59 Å². The molecule has 2 saturated carbocycles. The fraction of sp³-hybridized carbons (Fsp3) is 0.857. The summed E-state index contributed by atoms with van der Waals surface area (Å²) in [6.07, 6.45) is 7.87. The van der Waals surface area contributed by atoms with Crippen LogP contribution < -0.4 is 10.6 Å². The van der Waals surface area contributed by atoms with Crippen molar-refractivity contribution in [3.05, 3.63) is 0 Å². The Kier molecular flexibility index (Phi) is 2.65. The summed E-state index contributed by atoms with van der Waals surface area (Å²) in [5.74, 6) is 0.0611. The summed E-state index contributed by atoms with van der Waals surface area (Å²) >= 11 is 0. The van der Waals surface area contributed by atoms with E-state index in [0.29, 0.717) is 11.8 Å². The minimum absolute atomic E-state index is 0.0233. The zero-order chi connectivity index (χ0) is 12.8. The molecule has 3 aliphatic rings. The molecule has 0 bridgehead atoms. The van der Waals surface area contributed by atoms with Gasteiger partial charge in [0.2, 0.25) is 11.8 Å². The Morgan fingerprint density at radius 2 is 2.00 bits per heavy atom. The van der Waals surface area contributed by atoms with Gasteiger partial charge in [-0.2, -0.15) is 0 Å². The van der Waals surface area contributed by atoms with Crippen LogP contribution in [0.15, 0.2) is 0 Å². The third-order valence-corrected chi connectivity index (χ3v) is 5.07. The fourth-order valence-electron chi connectivity index (χ4n) is 3.16. The molecule has 100 valence electrons. The maximum Gasteiger partial charge on any atom is 0.243 e. The van der Waals surface area contributed by atoms with Crippen molar-refractivity contribution in [1.29, 1.82) is 0 Å². The van der Waals surface area contributed by atoms with Crippen molar-refractivity contribution in [1.82, 2.24) is 10.6 Å². The van der Waals surface area contributed by atoms with Crippen LogP contribution in [0.5, 0.6) is 0 Å². The van der Waals surface area contributed by atoms with Crippen LogP contribution in [-0.4, -0.2) is 23.4 Å². The Bertz CT molecular complexity index is 383. The molecule has 0 radical (unpaired) electrons. The van der Waals surface area contributed by atoms with E-state index in [0.717, 1.165) is 32.1 Å². The standard InChI is InChI=1S/C14H22N2O2/c1-13(6-7-13)14(8-9-14)16-12(18)10-4-2-3-5-11(17)15-10/h10H,2-9H2,1H3,(H,15,17)(H,16,18)/t10-/m0/s1. The lowest BCUT2D eigenvalue weighted by atomic mass is 9.95. The van der Waals surface area contributed by atoms with Gasteiger partial charge in [0, 0.05) is 12.0 Å². The first kappa shape index (κ1) is 12.0. The van der Waals surface area contributed by atoms with Crippen molar-refractivity contribution in [3.8, 4) is 0 Å². The smallest absolute Gasteiger partial charge is 0.243 e. The lowest BCUT2D eigenvalue weighted by molar-refractivity contribution is -0.129. The number of hydrogen-bond donors (Lipinski definition) is 2. The Balaban J connectivity index is 1.62. The largest absolute Gasteiger partial charge is 0.348 e. The number of nitrogens with one attached hydrogen (secondary N) is 2. The number of carbonyl (C=O) groups is 2. The summed E-state index contributed by atoms with van der Waals surface area (Å²) in [5, 5.41) is 6.08. The third kappa shape index (κ3) is 2.02. The van der Waals surface area contributed by atoms with Gasteiger partial charge >= 0.3 is 0 Å². The summed E-state index contributed by atoms with van der Waals surface area (Å²) < 4.78 is 0. The first-order chi connectivity index (χ1) is 8.55. The molecule has 0 spiro atoms. The average Bonchev–Trinajstić information content (AvgIpc) is 3.17. The average molecular weight is 250 g/mol. The van der Waals surface area contributed by atoms with E-state index < -0.39 is 0 Å². The number of carbonyl (C=O) groups excluding carboxylic acids is 2. The van der Waals surface area contributed by atoms with Gasteiger partial charge in [0.15, 0.2) is 0 Å². The second-order valence-corrected chi connectivity index (χ2v) is 6.50. The Morgan fingerprint density at radius 1 is 1.28 bits per heavy atom. The van der Waals surface area contributed by atoms with Crippen LogP contribution in [0.3, 0.4) is 0 Å². The molecule has 4 heteroatoms. The van der Waals surface area contributed by atoms with Crippen LogP contribution in [-0.2, 0) is 9.59 Å². The first-order valence-corrected chi connectivity index (χ1v) is 7.16. The van der Waals surface area contributed by atoms with Crippen LogP contribution in [0.25, 0.3) is 0 Å². The topological polar surface area (TPSA) is 58.2 Å². The van der Waals surface area contributed by atoms with Gasteiger partial charge < -0.3 is 10.6 Å². The van der Waals surface area contributed by atoms with E-state index in [1.54, 1.807) is 0 Å². The molecule has 2 amide bonds. The number of hydrogen-bond acceptors (Lipinski definition) is 2. The second kappa shape index (κ2) is 3.97. The molecule has 2 N–H and O–H groups in total. The summed E-state index contributed by atoms with van der Waals surface area (Å²) in [6, 6.07) is -0.306. The highest BCUT2D eigenvalue weighted by molar-refractivity contribution is 5.88. The summed E-state index contributed by atoms with van der Waals surface area (Å²) in [6.45, 7) is 2.27. The molecule has 3 fully saturated rings. The monoisotopic (exact) mass is 250 g/mol. The zero-order valence-corrected chi connectivity index (χ0v) is 11.1. The fourth-order valence-corrected chi connectivity index (χ4v) is 3.16. The lowest BCUT2D eigenvalue weighted by Crippen LogP contribution is -2.52. The molecular formula is C14H22N2O2. The van der Waals surface area contributed by atoms with Gasteiger partial charge in [-0.25, -0.2) is 0 Å². The Labute approximate surface area is 108 Å². The van der Waals surface area contributed by atoms with Crippen LogP contribution in [0, 0.1) is 5.41 Å². The summed E-state index contributed by atoms with van der Waals surface area (Å²) in [7, 11) is 0. The van der Waals surface area contributed by atoms with Crippen molar-refractivity contribution in [2.75, 3.05) is 0 Å². The molecule has 1 atom stereocenters. The third-order valence-electron chi connectivity index (χ3n) is 5.07. The molecule has 3 rings (SSSR count). The lowest BCUT2D eigenvalue weighted by Gasteiger charge is -2.27. The predicted molar refractivity (Wildman–Crippen MR) is 67.8 cm³/mol. The predicted octanol–water partition coefficient (Wildman–Crippen LogP) is 1.49. The molecule has 2 aliphatic carbocycles. The van der Waals surface area contributed by atoms with Crippen molar-refractivity contribution < 1.29 is 9.59 Å². The van der Waals surface area contributed by atoms with Gasteiger partial charge in [-0.1, -0.05) is 13.3 Å². The highest BCUT2D eigenvalue weighted by Gasteiger charge is 2.63. The molecule has 1 heterocycles. The molecule has 0 unspecified atom stereocenters. The molecule has 1 aliphatic heterocycles. The van der Waals surface area contributed by atoms with Crippen molar-refractivity contribution >= 4 is 11.8 Å². The normalized spacial score (nSPS) is 32.1. The van der Waals surface area contributed by atoms with E-state index >= 15 is 0 Å².